The quantitative estimate of drug-likeness (QED) is 0.695. The lowest BCUT2D eigenvalue weighted by atomic mass is 10.1. The summed E-state index contributed by atoms with van der Waals surface area (Å²) in [5.74, 6) is 0. The number of aryl methyl sites for hydroxylation is 2. The van der Waals surface area contributed by atoms with Crippen molar-refractivity contribution in [1.82, 2.24) is 9.97 Å². The van der Waals surface area contributed by atoms with Crippen LogP contribution in [0.4, 0.5) is 8.78 Å². The van der Waals surface area contributed by atoms with Gasteiger partial charge in [-0.3, -0.25) is 0 Å². The van der Waals surface area contributed by atoms with Crippen molar-refractivity contribution < 1.29 is 8.78 Å². The third-order valence-electron chi connectivity index (χ3n) is 1.75. The lowest BCUT2D eigenvalue weighted by Crippen LogP contribution is -2.05. The summed E-state index contributed by atoms with van der Waals surface area (Å²) in [7, 11) is 0. The Morgan fingerprint density at radius 1 is 1.23 bits per heavy atom. The maximum absolute atomic E-state index is 12.1. The zero-order valence-corrected chi connectivity index (χ0v) is 8.07. The third kappa shape index (κ3) is 2.59. The molecule has 1 aromatic rings. The maximum Gasteiger partial charge on any atom is 0.242 e. The number of nitrogens with zero attached hydrogens (tertiary/aromatic N) is 2. The van der Waals surface area contributed by atoms with Crippen molar-refractivity contribution in [3.63, 3.8) is 0 Å². The van der Waals surface area contributed by atoms with Gasteiger partial charge in [0.1, 0.15) is 0 Å². The second-order valence-corrected chi connectivity index (χ2v) is 3.08. The first kappa shape index (κ1) is 10.3. The van der Waals surface area contributed by atoms with Crippen LogP contribution in [0.5, 0.6) is 0 Å². The van der Waals surface area contributed by atoms with Gasteiger partial charge in [0.25, 0.3) is 0 Å². The molecule has 5 heteroatoms. The molecule has 0 aliphatic carbocycles. The number of hydrogen-bond donors (Lipinski definition) is 0. The van der Waals surface area contributed by atoms with Crippen LogP contribution in [-0.2, 0) is 6.42 Å². The summed E-state index contributed by atoms with van der Waals surface area (Å²) in [4.78, 5) is 7.62. The van der Waals surface area contributed by atoms with E-state index in [2.05, 4.69) is 9.97 Å². The summed E-state index contributed by atoms with van der Waals surface area (Å²) in [6, 6.07) is 0. The van der Waals surface area contributed by atoms with E-state index < -0.39 is 6.43 Å². The molecule has 0 saturated heterocycles. The van der Waals surface area contributed by atoms with Gasteiger partial charge in [0.05, 0.1) is 0 Å². The molecule has 1 heterocycles. The van der Waals surface area contributed by atoms with Gasteiger partial charge in [0.2, 0.25) is 11.7 Å². The molecule has 72 valence electrons. The van der Waals surface area contributed by atoms with E-state index in [1.54, 1.807) is 13.8 Å². The Bertz CT molecular complexity index is 292. The van der Waals surface area contributed by atoms with E-state index in [0.717, 1.165) is 0 Å². The normalized spacial score (nSPS) is 10.9. The zero-order valence-electron chi connectivity index (χ0n) is 7.31. The zero-order chi connectivity index (χ0) is 10.0. The van der Waals surface area contributed by atoms with E-state index >= 15 is 0 Å². The van der Waals surface area contributed by atoms with Gasteiger partial charge in [0.15, 0.2) is 0 Å². The first-order chi connectivity index (χ1) is 6.00. The van der Waals surface area contributed by atoms with Crippen LogP contribution in [0, 0.1) is 13.8 Å². The van der Waals surface area contributed by atoms with Gasteiger partial charge in [-0.2, -0.15) is 0 Å². The number of rotatable bonds is 2. The molecular weight excluding hydrogens is 198 g/mol. The first-order valence-electron chi connectivity index (χ1n) is 3.78. The van der Waals surface area contributed by atoms with Gasteiger partial charge < -0.3 is 0 Å². The fourth-order valence-corrected chi connectivity index (χ4v) is 1.40. The average molecular weight is 207 g/mol. The number of aromatic nitrogens is 2. The minimum absolute atomic E-state index is 0.105. The topological polar surface area (TPSA) is 25.8 Å². The van der Waals surface area contributed by atoms with Gasteiger partial charge in [0, 0.05) is 23.4 Å². The summed E-state index contributed by atoms with van der Waals surface area (Å²) >= 11 is 5.55. The molecule has 0 bridgehead atoms. The van der Waals surface area contributed by atoms with Gasteiger partial charge in [-0.25, -0.2) is 18.7 Å². The van der Waals surface area contributed by atoms with E-state index in [9.17, 15) is 8.78 Å². The summed E-state index contributed by atoms with van der Waals surface area (Å²) in [5.41, 5.74) is 1.54. The van der Waals surface area contributed by atoms with Gasteiger partial charge in [-0.1, -0.05) is 0 Å². The number of hydrogen-bond acceptors (Lipinski definition) is 2. The summed E-state index contributed by atoms with van der Waals surface area (Å²) < 4.78 is 24.2. The minimum atomic E-state index is -2.37. The SMILES string of the molecule is Cc1nc(Cl)nc(C)c1CC(F)F. The van der Waals surface area contributed by atoms with E-state index in [4.69, 9.17) is 11.6 Å². The number of alkyl halides is 2. The van der Waals surface area contributed by atoms with Crippen LogP contribution in [-0.4, -0.2) is 16.4 Å². The molecule has 0 radical (unpaired) electrons. The van der Waals surface area contributed by atoms with Crippen LogP contribution < -0.4 is 0 Å². The van der Waals surface area contributed by atoms with E-state index in [1.807, 2.05) is 0 Å². The molecule has 0 saturated carbocycles. The molecule has 0 amide bonds. The Labute approximate surface area is 80.0 Å². The molecule has 13 heavy (non-hydrogen) atoms. The summed E-state index contributed by atoms with van der Waals surface area (Å²) in [5, 5.41) is 0.105. The molecule has 0 N–H and O–H groups in total. The van der Waals surface area contributed by atoms with Crippen LogP contribution in [0.2, 0.25) is 5.28 Å². The predicted molar refractivity (Wildman–Crippen MR) is 46.2 cm³/mol. The summed E-state index contributed by atoms with van der Waals surface area (Å²) in [6.45, 7) is 3.30. The average Bonchev–Trinajstić information content (AvgIpc) is 1.96. The molecule has 0 atom stereocenters. The highest BCUT2D eigenvalue weighted by molar-refractivity contribution is 6.28. The van der Waals surface area contributed by atoms with Crippen molar-refractivity contribution >= 4 is 11.6 Å². The highest BCUT2D eigenvalue weighted by Gasteiger charge is 2.12. The van der Waals surface area contributed by atoms with Gasteiger partial charge in [-0.15, -0.1) is 0 Å². The van der Waals surface area contributed by atoms with Crippen molar-refractivity contribution in [2.24, 2.45) is 0 Å². The highest BCUT2D eigenvalue weighted by Crippen LogP contribution is 2.16. The van der Waals surface area contributed by atoms with Crippen LogP contribution in [0.15, 0.2) is 0 Å². The van der Waals surface area contributed by atoms with Crippen molar-refractivity contribution in [1.29, 1.82) is 0 Å². The Hall–Kier alpha value is -0.770. The molecule has 0 aromatic carbocycles. The molecule has 0 aliphatic rings. The molecule has 0 aliphatic heterocycles. The van der Waals surface area contributed by atoms with Crippen molar-refractivity contribution in [2.45, 2.75) is 26.7 Å². The predicted octanol–water partition coefficient (Wildman–Crippen LogP) is 2.55. The third-order valence-corrected chi connectivity index (χ3v) is 1.92. The van der Waals surface area contributed by atoms with Gasteiger partial charge >= 0.3 is 0 Å². The van der Waals surface area contributed by atoms with E-state index in [1.165, 1.54) is 0 Å². The molecule has 0 unspecified atom stereocenters. The van der Waals surface area contributed by atoms with E-state index in [-0.39, 0.29) is 11.7 Å². The molecule has 2 nitrogen and oxygen atoms in total. The van der Waals surface area contributed by atoms with Crippen LogP contribution in [0.3, 0.4) is 0 Å². The minimum Gasteiger partial charge on any atom is -0.223 e. The molecular formula is C8H9ClF2N2. The largest absolute Gasteiger partial charge is 0.242 e. The first-order valence-corrected chi connectivity index (χ1v) is 4.16. The Morgan fingerprint density at radius 2 is 1.69 bits per heavy atom. The van der Waals surface area contributed by atoms with Gasteiger partial charge in [-0.05, 0) is 25.4 Å². The second kappa shape index (κ2) is 3.96. The van der Waals surface area contributed by atoms with Crippen molar-refractivity contribution in [2.75, 3.05) is 0 Å². The van der Waals surface area contributed by atoms with Crippen LogP contribution >= 0.6 is 11.6 Å². The lowest BCUT2D eigenvalue weighted by molar-refractivity contribution is 0.148. The Morgan fingerprint density at radius 3 is 2.08 bits per heavy atom. The molecule has 0 spiro atoms. The number of halogens is 3. The van der Waals surface area contributed by atoms with Crippen LogP contribution in [0.1, 0.15) is 17.0 Å². The molecule has 1 rings (SSSR count). The van der Waals surface area contributed by atoms with Crippen LogP contribution in [0.25, 0.3) is 0 Å². The van der Waals surface area contributed by atoms with Crippen molar-refractivity contribution in [3.8, 4) is 0 Å². The van der Waals surface area contributed by atoms with Crippen molar-refractivity contribution in [3.05, 3.63) is 22.2 Å². The highest BCUT2D eigenvalue weighted by atomic mass is 35.5. The Kier molecular flexibility index (Phi) is 3.14. The van der Waals surface area contributed by atoms with E-state index in [0.29, 0.717) is 17.0 Å². The Balaban J connectivity index is 3.06. The summed E-state index contributed by atoms with van der Waals surface area (Å²) in [6.07, 6.45) is -2.68. The maximum atomic E-state index is 12.1. The second-order valence-electron chi connectivity index (χ2n) is 2.74. The molecule has 1 aromatic heterocycles. The standard InChI is InChI=1S/C8H9ClF2N2/c1-4-6(3-7(10)11)5(2)13-8(9)12-4/h7H,3H2,1-2H3. The monoisotopic (exact) mass is 206 g/mol. The lowest BCUT2D eigenvalue weighted by Gasteiger charge is -2.07. The smallest absolute Gasteiger partial charge is 0.223 e. The molecule has 0 fully saturated rings. The fourth-order valence-electron chi connectivity index (χ4n) is 1.15. The fraction of sp³-hybridized carbons (Fsp3) is 0.500.